The Balaban J connectivity index is 1.63. The molecule has 1 saturated heterocycles. The van der Waals surface area contributed by atoms with Crippen LogP contribution < -0.4 is 5.32 Å². The molecule has 10 heteroatoms. The molecule has 2 heterocycles. The molecule has 9 nitrogen and oxygen atoms in total. The van der Waals surface area contributed by atoms with E-state index >= 15 is 0 Å². The van der Waals surface area contributed by atoms with Crippen molar-refractivity contribution in [3.8, 4) is 0 Å². The third kappa shape index (κ3) is 4.62. The first kappa shape index (κ1) is 18.8. The number of anilines is 1. The third-order valence-corrected chi connectivity index (χ3v) is 4.50. The first-order valence-electron chi connectivity index (χ1n) is 8.46. The van der Waals surface area contributed by atoms with Gasteiger partial charge in [-0.25, -0.2) is 9.48 Å². The van der Waals surface area contributed by atoms with Gasteiger partial charge in [0.05, 0.1) is 16.8 Å². The number of nitrogens with zero attached hydrogens (tertiary/aromatic N) is 4. The number of carboxylic acids is 1. The van der Waals surface area contributed by atoms with Gasteiger partial charge in [-0.3, -0.25) is 9.59 Å². The standard InChI is InChI=1S/C17H18ClN5O4/c18-13-8-11(4-5-12(13)16(25)22-6-2-1-3-7-22)19-15(24)10-23-9-14(17(26)27)20-21-23/h4-5,8-9H,1-3,6-7,10H2,(H,19,24)(H,26,27). The van der Waals surface area contributed by atoms with E-state index in [1.54, 1.807) is 17.0 Å². The lowest BCUT2D eigenvalue weighted by Gasteiger charge is -2.27. The maximum absolute atomic E-state index is 12.5. The average molecular weight is 392 g/mol. The predicted molar refractivity (Wildman–Crippen MR) is 96.8 cm³/mol. The largest absolute Gasteiger partial charge is 0.476 e. The summed E-state index contributed by atoms with van der Waals surface area (Å²) in [6, 6.07) is 4.71. The van der Waals surface area contributed by atoms with E-state index in [-0.39, 0.29) is 23.2 Å². The van der Waals surface area contributed by atoms with Crippen LogP contribution in [-0.2, 0) is 11.3 Å². The van der Waals surface area contributed by atoms with Gasteiger partial charge in [0.1, 0.15) is 6.54 Å². The fourth-order valence-corrected chi connectivity index (χ4v) is 3.12. The number of hydrogen-bond acceptors (Lipinski definition) is 5. The molecule has 1 aliphatic rings. The van der Waals surface area contributed by atoms with Crippen LogP contribution in [0.2, 0.25) is 5.02 Å². The van der Waals surface area contributed by atoms with E-state index in [0.717, 1.165) is 43.2 Å². The average Bonchev–Trinajstić information content (AvgIpc) is 3.10. The van der Waals surface area contributed by atoms with Crippen molar-refractivity contribution in [1.29, 1.82) is 0 Å². The molecule has 2 aromatic rings. The minimum Gasteiger partial charge on any atom is -0.476 e. The molecule has 0 bridgehead atoms. The summed E-state index contributed by atoms with van der Waals surface area (Å²) in [5.74, 6) is -1.76. The highest BCUT2D eigenvalue weighted by atomic mass is 35.5. The Bertz CT molecular complexity index is 876. The monoisotopic (exact) mass is 391 g/mol. The van der Waals surface area contributed by atoms with Crippen molar-refractivity contribution in [3.05, 3.63) is 40.7 Å². The summed E-state index contributed by atoms with van der Waals surface area (Å²) in [5, 5.41) is 18.7. The van der Waals surface area contributed by atoms with Gasteiger partial charge in [-0.05, 0) is 37.5 Å². The normalized spacial score (nSPS) is 14.0. The van der Waals surface area contributed by atoms with Gasteiger partial charge in [0.2, 0.25) is 5.91 Å². The Morgan fingerprint density at radius 2 is 1.93 bits per heavy atom. The number of rotatable bonds is 5. The summed E-state index contributed by atoms with van der Waals surface area (Å²) >= 11 is 6.23. The molecule has 0 saturated carbocycles. The lowest BCUT2D eigenvalue weighted by Crippen LogP contribution is -2.35. The number of carboxylic acid groups (broad SMARTS) is 1. The van der Waals surface area contributed by atoms with Gasteiger partial charge in [0.15, 0.2) is 5.69 Å². The zero-order valence-corrected chi connectivity index (χ0v) is 15.1. The van der Waals surface area contributed by atoms with E-state index < -0.39 is 11.9 Å². The van der Waals surface area contributed by atoms with E-state index in [0.29, 0.717) is 11.3 Å². The third-order valence-electron chi connectivity index (χ3n) is 4.19. The minimum atomic E-state index is -1.22. The molecular formula is C17H18ClN5O4. The van der Waals surface area contributed by atoms with Crippen molar-refractivity contribution in [2.24, 2.45) is 0 Å². The number of hydrogen-bond donors (Lipinski definition) is 2. The molecule has 1 aromatic heterocycles. The van der Waals surface area contributed by atoms with Gasteiger partial charge in [-0.15, -0.1) is 5.10 Å². The van der Waals surface area contributed by atoms with Crippen LogP contribution in [0, 0.1) is 0 Å². The molecule has 142 valence electrons. The summed E-state index contributed by atoms with van der Waals surface area (Å²) in [7, 11) is 0. The minimum absolute atomic E-state index is 0.110. The number of piperidine rings is 1. The van der Waals surface area contributed by atoms with E-state index in [1.165, 1.54) is 6.07 Å². The summed E-state index contributed by atoms with van der Waals surface area (Å²) in [4.78, 5) is 37.2. The molecule has 0 aliphatic carbocycles. The van der Waals surface area contributed by atoms with Crippen molar-refractivity contribution in [2.45, 2.75) is 25.8 Å². The Morgan fingerprint density at radius 3 is 2.56 bits per heavy atom. The van der Waals surface area contributed by atoms with Gasteiger partial charge in [0.25, 0.3) is 5.91 Å². The van der Waals surface area contributed by atoms with Crippen LogP contribution >= 0.6 is 11.6 Å². The highest BCUT2D eigenvalue weighted by Gasteiger charge is 2.20. The molecule has 0 atom stereocenters. The molecule has 27 heavy (non-hydrogen) atoms. The van der Waals surface area contributed by atoms with E-state index in [2.05, 4.69) is 15.6 Å². The number of halogens is 1. The van der Waals surface area contributed by atoms with E-state index in [4.69, 9.17) is 16.7 Å². The lowest BCUT2D eigenvalue weighted by molar-refractivity contribution is -0.116. The number of carbonyl (C=O) groups is 3. The molecule has 0 spiro atoms. The number of nitrogens with one attached hydrogen (secondary N) is 1. The number of likely N-dealkylation sites (tertiary alicyclic amines) is 1. The van der Waals surface area contributed by atoms with Gasteiger partial charge >= 0.3 is 5.97 Å². The summed E-state index contributed by atoms with van der Waals surface area (Å²) in [6.45, 7) is 1.25. The second-order valence-corrected chi connectivity index (χ2v) is 6.61. The highest BCUT2D eigenvalue weighted by Crippen LogP contribution is 2.24. The number of benzene rings is 1. The van der Waals surface area contributed by atoms with Crippen LogP contribution in [0.5, 0.6) is 0 Å². The molecule has 1 aromatic carbocycles. The fourth-order valence-electron chi connectivity index (χ4n) is 2.85. The van der Waals surface area contributed by atoms with E-state index in [9.17, 15) is 14.4 Å². The topological polar surface area (TPSA) is 117 Å². The van der Waals surface area contributed by atoms with Gasteiger partial charge in [-0.2, -0.15) is 0 Å². The van der Waals surface area contributed by atoms with Crippen LogP contribution in [0.3, 0.4) is 0 Å². The van der Waals surface area contributed by atoms with Crippen LogP contribution in [0.15, 0.2) is 24.4 Å². The van der Waals surface area contributed by atoms with E-state index in [1.807, 2.05) is 0 Å². The van der Waals surface area contributed by atoms with Crippen LogP contribution in [0.4, 0.5) is 5.69 Å². The first-order valence-corrected chi connectivity index (χ1v) is 8.84. The Labute approximate surface area is 159 Å². The van der Waals surface area contributed by atoms with Crippen molar-refractivity contribution >= 4 is 35.1 Å². The second kappa shape index (κ2) is 8.17. The number of aromatic nitrogens is 3. The number of amides is 2. The molecule has 0 radical (unpaired) electrons. The van der Waals surface area contributed by atoms with Gasteiger partial charge in [-0.1, -0.05) is 16.8 Å². The van der Waals surface area contributed by atoms with Crippen LogP contribution in [0.1, 0.15) is 40.1 Å². The van der Waals surface area contributed by atoms with Gasteiger partial charge in [0, 0.05) is 18.8 Å². The number of aromatic carboxylic acids is 1. The van der Waals surface area contributed by atoms with Crippen molar-refractivity contribution in [1.82, 2.24) is 19.9 Å². The molecule has 0 unspecified atom stereocenters. The zero-order valence-electron chi connectivity index (χ0n) is 14.4. The fraction of sp³-hybridized carbons (Fsp3) is 0.353. The molecule has 3 rings (SSSR count). The zero-order chi connectivity index (χ0) is 19.4. The lowest BCUT2D eigenvalue weighted by atomic mass is 10.1. The Morgan fingerprint density at radius 1 is 1.19 bits per heavy atom. The molecular weight excluding hydrogens is 374 g/mol. The maximum Gasteiger partial charge on any atom is 0.358 e. The highest BCUT2D eigenvalue weighted by molar-refractivity contribution is 6.34. The molecule has 2 N–H and O–H groups in total. The van der Waals surface area contributed by atoms with Crippen molar-refractivity contribution in [2.75, 3.05) is 18.4 Å². The van der Waals surface area contributed by atoms with Crippen LogP contribution in [0.25, 0.3) is 0 Å². The first-order chi connectivity index (χ1) is 12.9. The number of carbonyl (C=O) groups excluding carboxylic acids is 2. The Kier molecular flexibility index (Phi) is 5.70. The molecule has 1 aliphatic heterocycles. The van der Waals surface area contributed by atoms with Crippen molar-refractivity contribution < 1.29 is 19.5 Å². The van der Waals surface area contributed by atoms with Crippen molar-refractivity contribution in [3.63, 3.8) is 0 Å². The second-order valence-electron chi connectivity index (χ2n) is 6.20. The summed E-state index contributed by atoms with van der Waals surface area (Å²) in [6.07, 6.45) is 4.27. The summed E-state index contributed by atoms with van der Waals surface area (Å²) in [5.41, 5.74) is 0.587. The molecule has 1 fully saturated rings. The summed E-state index contributed by atoms with van der Waals surface area (Å²) < 4.78 is 1.12. The molecule has 2 amide bonds. The Hall–Kier alpha value is -2.94. The smallest absolute Gasteiger partial charge is 0.358 e. The SMILES string of the molecule is O=C(Cn1cc(C(=O)O)nn1)Nc1ccc(C(=O)N2CCCCC2)c(Cl)c1. The quantitative estimate of drug-likeness (QED) is 0.803. The van der Waals surface area contributed by atoms with Gasteiger partial charge < -0.3 is 15.3 Å². The van der Waals surface area contributed by atoms with Crippen LogP contribution in [-0.4, -0.2) is 55.9 Å². The predicted octanol–water partition coefficient (Wildman–Crippen LogP) is 1.89. The maximum atomic E-state index is 12.5.